The Balaban J connectivity index is 1.47. The second-order valence-electron chi connectivity index (χ2n) is 9.77. The quantitative estimate of drug-likeness (QED) is 0.449. The Morgan fingerprint density at radius 3 is 2.41 bits per heavy atom. The number of para-hydroxylation sites is 1. The number of rotatable bonds is 11. The highest BCUT2D eigenvalue weighted by molar-refractivity contribution is 5.89. The molecule has 7 heteroatoms. The monoisotopic (exact) mass is 506 g/mol. The van der Waals surface area contributed by atoms with Gasteiger partial charge in [0.25, 0.3) is 0 Å². The van der Waals surface area contributed by atoms with Crippen LogP contribution in [0.4, 0.5) is 10.5 Å². The Labute approximate surface area is 222 Å². The summed E-state index contributed by atoms with van der Waals surface area (Å²) in [6.45, 7) is 11.3. The third-order valence-corrected chi connectivity index (χ3v) is 6.75. The summed E-state index contributed by atoms with van der Waals surface area (Å²) in [6.07, 6.45) is 5.42. The van der Waals surface area contributed by atoms with E-state index in [4.69, 9.17) is 4.74 Å². The minimum Gasteiger partial charge on any atom is -0.496 e. The van der Waals surface area contributed by atoms with Crippen LogP contribution in [0.5, 0.6) is 5.75 Å². The van der Waals surface area contributed by atoms with Gasteiger partial charge in [-0.25, -0.2) is 4.79 Å². The van der Waals surface area contributed by atoms with Gasteiger partial charge in [-0.15, -0.1) is 0 Å². The number of carbonyl (C=O) groups is 2. The molecule has 0 bridgehead atoms. The van der Waals surface area contributed by atoms with Crippen molar-refractivity contribution in [2.24, 2.45) is 0 Å². The van der Waals surface area contributed by atoms with Gasteiger partial charge in [0.05, 0.1) is 7.11 Å². The molecular weight excluding hydrogens is 464 g/mol. The van der Waals surface area contributed by atoms with Crippen molar-refractivity contribution < 1.29 is 14.3 Å². The zero-order valence-corrected chi connectivity index (χ0v) is 22.8. The van der Waals surface area contributed by atoms with Gasteiger partial charge >= 0.3 is 6.03 Å². The van der Waals surface area contributed by atoms with Gasteiger partial charge in [-0.2, -0.15) is 0 Å². The van der Waals surface area contributed by atoms with Gasteiger partial charge in [0, 0.05) is 63.5 Å². The van der Waals surface area contributed by atoms with Crippen molar-refractivity contribution in [1.82, 2.24) is 14.7 Å². The van der Waals surface area contributed by atoms with E-state index in [1.54, 1.807) is 7.11 Å². The van der Waals surface area contributed by atoms with Gasteiger partial charge in [-0.05, 0) is 36.1 Å². The van der Waals surface area contributed by atoms with Crippen LogP contribution >= 0.6 is 0 Å². The molecule has 2 aromatic rings. The van der Waals surface area contributed by atoms with Crippen LogP contribution in [0.3, 0.4) is 0 Å². The predicted molar refractivity (Wildman–Crippen MR) is 151 cm³/mol. The summed E-state index contributed by atoms with van der Waals surface area (Å²) in [6, 6.07) is 15.9. The topological polar surface area (TPSA) is 65.1 Å². The molecule has 1 aliphatic rings. The van der Waals surface area contributed by atoms with Crippen molar-refractivity contribution in [2.45, 2.75) is 39.5 Å². The van der Waals surface area contributed by atoms with Crippen LogP contribution in [0.25, 0.3) is 6.08 Å². The van der Waals surface area contributed by atoms with Gasteiger partial charge in [-0.3, -0.25) is 9.69 Å². The lowest BCUT2D eigenvalue weighted by molar-refractivity contribution is -0.130. The summed E-state index contributed by atoms with van der Waals surface area (Å²) < 4.78 is 5.42. The molecule has 37 heavy (non-hydrogen) atoms. The van der Waals surface area contributed by atoms with Crippen LogP contribution in [0, 0.1) is 0 Å². The highest BCUT2D eigenvalue weighted by atomic mass is 16.5. The summed E-state index contributed by atoms with van der Waals surface area (Å²) in [5, 5.41) is 3.02. The molecule has 1 aliphatic heterocycles. The van der Waals surface area contributed by atoms with E-state index in [-0.39, 0.29) is 11.9 Å². The number of anilines is 1. The molecule has 0 saturated carbocycles. The lowest BCUT2D eigenvalue weighted by atomic mass is 10.0. The number of urea groups is 1. The molecule has 0 aliphatic carbocycles. The fourth-order valence-corrected chi connectivity index (χ4v) is 4.39. The minimum atomic E-state index is -0.0572. The average Bonchev–Trinajstić information content (AvgIpc) is 2.91. The molecule has 2 aromatic carbocycles. The molecule has 1 saturated heterocycles. The molecule has 0 atom stereocenters. The first-order valence-corrected chi connectivity index (χ1v) is 13.4. The normalized spacial score (nSPS) is 14.2. The maximum atomic E-state index is 12.7. The Bertz CT molecular complexity index is 1030. The molecule has 7 nitrogen and oxygen atoms in total. The SMILES string of the molecule is CCCC(=O)N(CC=Cc1ccccc1OC)CCN1CCN(C(=O)Nc2ccc(C(C)C)cc2)CC1. The van der Waals surface area contributed by atoms with Crippen LogP contribution in [0.1, 0.15) is 50.7 Å². The molecular formula is C30H42N4O3. The van der Waals surface area contributed by atoms with Crippen LogP contribution < -0.4 is 10.1 Å². The lowest BCUT2D eigenvalue weighted by Crippen LogP contribution is -2.51. The van der Waals surface area contributed by atoms with Gasteiger partial charge in [0.2, 0.25) is 5.91 Å². The molecule has 0 spiro atoms. The molecule has 1 fully saturated rings. The van der Waals surface area contributed by atoms with E-state index in [0.717, 1.165) is 43.1 Å². The number of nitrogens with one attached hydrogen (secondary N) is 1. The fourth-order valence-electron chi connectivity index (χ4n) is 4.39. The molecule has 3 amide bonds. The number of carbonyl (C=O) groups excluding carboxylic acids is 2. The summed E-state index contributed by atoms with van der Waals surface area (Å²) >= 11 is 0. The highest BCUT2D eigenvalue weighted by Crippen LogP contribution is 2.19. The standard InChI is InChI=1S/C30H42N4O3/c1-5-9-29(35)33(17-8-11-26-10-6-7-12-28(26)37-4)21-18-32-19-22-34(23-20-32)30(36)31-27-15-13-25(14-16-27)24(2)3/h6-8,10-16,24H,5,9,17-23H2,1-4H3,(H,31,36). The van der Waals surface area contributed by atoms with E-state index in [0.29, 0.717) is 38.5 Å². The Hall–Kier alpha value is -3.32. The van der Waals surface area contributed by atoms with E-state index in [9.17, 15) is 9.59 Å². The largest absolute Gasteiger partial charge is 0.496 e. The van der Waals surface area contributed by atoms with E-state index in [1.807, 2.05) is 65.3 Å². The lowest BCUT2D eigenvalue weighted by Gasteiger charge is -2.35. The van der Waals surface area contributed by atoms with E-state index in [1.165, 1.54) is 5.56 Å². The van der Waals surface area contributed by atoms with Crippen molar-refractivity contribution in [1.29, 1.82) is 0 Å². The summed E-state index contributed by atoms with van der Waals surface area (Å²) in [7, 11) is 1.66. The first-order chi connectivity index (χ1) is 17.9. The molecule has 1 heterocycles. The molecule has 3 rings (SSSR count). The van der Waals surface area contributed by atoms with Crippen molar-refractivity contribution in [3.05, 3.63) is 65.7 Å². The molecule has 0 unspecified atom stereocenters. The zero-order chi connectivity index (χ0) is 26.6. The van der Waals surface area contributed by atoms with Crippen molar-refractivity contribution in [2.75, 3.05) is 58.2 Å². The van der Waals surface area contributed by atoms with E-state index >= 15 is 0 Å². The maximum Gasteiger partial charge on any atom is 0.321 e. The second-order valence-corrected chi connectivity index (χ2v) is 9.77. The van der Waals surface area contributed by atoms with Crippen molar-refractivity contribution in [3.8, 4) is 5.75 Å². The zero-order valence-electron chi connectivity index (χ0n) is 22.8. The first kappa shape index (κ1) is 28.3. The van der Waals surface area contributed by atoms with Gasteiger partial charge in [0.15, 0.2) is 0 Å². The number of hydrogen-bond donors (Lipinski definition) is 1. The van der Waals surface area contributed by atoms with Crippen molar-refractivity contribution in [3.63, 3.8) is 0 Å². The van der Waals surface area contributed by atoms with Gasteiger partial charge in [0.1, 0.15) is 5.75 Å². The van der Waals surface area contributed by atoms with Crippen LogP contribution in [0.2, 0.25) is 0 Å². The first-order valence-electron chi connectivity index (χ1n) is 13.4. The number of piperazine rings is 1. The number of methoxy groups -OCH3 is 1. The number of amides is 3. The highest BCUT2D eigenvalue weighted by Gasteiger charge is 2.22. The Morgan fingerprint density at radius 1 is 1.05 bits per heavy atom. The number of ether oxygens (including phenoxy) is 1. The van der Waals surface area contributed by atoms with Gasteiger partial charge < -0.3 is 19.9 Å². The van der Waals surface area contributed by atoms with Crippen LogP contribution in [-0.2, 0) is 4.79 Å². The molecule has 0 radical (unpaired) electrons. The van der Waals surface area contributed by atoms with E-state index in [2.05, 4.69) is 36.2 Å². The number of hydrogen-bond acceptors (Lipinski definition) is 4. The Morgan fingerprint density at radius 2 is 1.76 bits per heavy atom. The molecule has 1 N–H and O–H groups in total. The summed E-state index contributed by atoms with van der Waals surface area (Å²) in [5.74, 6) is 1.46. The molecule has 200 valence electrons. The van der Waals surface area contributed by atoms with Crippen LogP contribution in [0.15, 0.2) is 54.6 Å². The third-order valence-electron chi connectivity index (χ3n) is 6.75. The number of nitrogens with zero attached hydrogens (tertiary/aromatic N) is 3. The third kappa shape index (κ3) is 8.64. The van der Waals surface area contributed by atoms with E-state index < -0.39 is 0 Å². The minimum absolute atomic E-state index is 0.0572. The smallest absolute Gasteiger partial charge is 0.321 e. The summed E-state index contributed by atoms with van der Waals surface area (Å²) in [5.41, 5.74) is 3.08. The Kier molecular flexibility index (Phi) is 11.0. The van der Waals surface area contributed by atoms with Crippen molar-refractivity contribution >= 4 is 23.7 Å². The molecule has 0 aromatic heterocycles. The van der Waals surface area contributed by atoms with Crippen LogP contribution in [-0.4, -0.2) is 79.6 Å². The predicted octanol–water partition coefficient (Wildman–Crippen LogP) is 5.31. The second kappa shape index (κ2) is 14.4. The average molecular weight is 507 g/mol. The maximum absolute atomic E-state index is 12.7. The van der Waals surface area contributed by atoms with Gasteiger partial charge in [-0.1, -0.05) is 63.3 Å². The fraction of sp³-hybridized carbons (Fsp3) is 0.467. The summed E-state index contributed by atoms with van der Waals surface area (Å²) in [4.78, 5) is 31.6. The number of benzene rings is 2.